The van der Waals surface area contributed by atoms with Gasteiger partial charge < -0.3 is 5.32 Å². The van der Waals surface area contributed by atoms with Crippen LogP contribution in [0, 0.1) is 22.7 Å². The summed E-state index contributed by atoms with van der Waals surface area (Å²) < 4.78 is 0. The van der Waals surface area contributed by atoms with E-state index in [2.05, 4.69) is 18.3 Å². The summed E-state index contributed by atoms with van der Waals surface area (Å²) in [6.07, 6.45) is 8.93. The molecule has 2 nitrogen and oxygen atoms in total. The molecule has 1 fully saturated rings. The Labute approximate surface area is 107 Å². The first kappa shape index (κ1) is 14.5. The molecule has 0 amide bonds. The van der Waals surface area contributed by atoms with Crippen molar-refractivity contribution in [1.29, 1.82) is 5.26 Å². The summed E-state index contributed by atoms with van der Waals surface area (Å²) in [7, 11) is 0. The van der Waals surface area contributed by atoms with E-state index in [1.807, 2.05) is 13.8 Å². The van der Waals surface area contributed by atoms with Gasteiger partial charge in [-0.2, -0.15) is 5.26 Å². The second kappa shape index (κ2) is 7.01. The molecule has 17 heavy (non-hydrogen) atoms. The average molecular weight is 236 g/mol. The Kier molecular flexibility index (Phi) is 5.98. The number of nitrogens with one attached hydrogen (secondary N) is 1. The van der Waals surface area contributed by atoms with E-state index in [0.29, 0.717) is 0 Å². The Balaban J connectivity index is 2.06. The van der Waals surface area contributed by atoms with Crippen molar-refractivity contribution in [2.75, 3.05) is 6.54 Å². The fraction of sp³-hybridized carbons (Fsp3) is 0.933. The van der Waals surface area contributed by atoms with Crippen molar-refractivity contribution >= 4 is 0 Å². The SMILES string of the molecule is CC1CCCCC1NCCCCC(C)(C)C#N. The van der Waals surface area contributed by atoms with Gasteiger partial charge in [0.2, 0.25) is 0 Å². The summed E-state index contributed by atoms with van der Waals surface area (Å²) in [5, 5.41) is 12.6. The molecule has 0 radical (unpaired) electrons. The first-order chi connectivity index (χ1) is 8.05. The van der Waals surface area contributed by atoms with E-state index in [-0.39, 0.29) is 5.41 Å². The lowest BCUT2D eigenvalue weighted by molar-refractivity contribution is 0.278. The minimum atomic E-state index is -0.141. The zero-order valence-electron chi connectivity index (χ0n) is 11.8. The highest BCUT2D eigenvalue weighted by Crippen LogP contribution is 2.24. The summed E-state index contributed by atoms with van der Waals surface area (Å²) in [5.41, 5.74) is -0.141. The molecule has 0 spiro atoms. The van der Waals surface area contributed by atoms with E-state index in [1.165, 1.54) is 32.1 Å². The normalized spacial score (nSPS) is 25.5. The maximum absolute atomic E-state index is 8.92. The molecule has 2 atom stereocenters. The van der Waals surface area contributed by atoms with Gasteiger partial charge in [-0.25, -0.2) is 0 Å². The van der Waals surface area contributed by atoms with Crippen LogP contribution in [0.5, 0.6) is 0 Å². The van der Waals surface area contributed by atoms with Crippen LogP contribution in [0.1, 0.15) is 65.7 Å². The van der Waals surface area contributed by atoms with Crippen LogP contribution in [0.15, 0.2) is 0 Å². The van der Waals surface area contributed by atoms with E-state index in [9.17, 15) is 0 Å². The van der Waals surface area contributed by atoms with E-state index in [0.717, 1.165) is 31.3 Å². The fourth-order valence-electron chi connectivity index (χ4n) is 2.65. The topological polar surface area (TPSA) is 35.8 Å². The van der Waals surface area contributed by atoms with Gasteiger partial charge in [0.25, 0.3) is 0 Å². The van der Waals surface area contributed by atoms with Crippen LogP contribution >= 0.6 is 0 Å². The van der Waals surface area contributed by atoms with Gasteiger partial charge in [-0.05, 0) is 52.0 Å². The standard InChI is InChI=1S/C15H28N2/c1-13-8-4-5-9-14(13)17-11-7-6-10-15(2,3)12-16/h13-14,17H,4-11H2,1-3H3. The number of unbranched alkanes of at least 4 members (excludes halogenated alkanes) is 1. The van der Waals surface area contributed by atoms with Crippen LogP contribution in [0.4, 0.5) is 0 Å². The van der Waals surface area contributed by atoms with E-state index in [4.69, 9.17) is 5.26 Å². The van der Waals surface area contributed by atoms with Crippen molar-refractivity contribution in [1.82, 2.24) is 5.32 Å². The Bertz CT molecular complexity index is 252. The molecular weight excluding hydrogens is 208 g/mol. The maximum Gasteiger partial charge on any atom is 0.0683 e. The van der Waals surface area contributed by atoms with Gasteiger partial charge in [0, 0.05) is 6.04 Å². The predicted molar refractivity (Wildman–Crippen MR) is 72.7 cm³/mol. The third-order valence-corrected chi connectivity index (χ3v) is 4.05. The molecule has 1 aliphatic rings. The highest BCUT2D eigenvalue weighted by atomic mass is 14.9. The lowest BCUT2D eigenvalue weighted by Crippen LogP contribution is -2.37. The highest BCUT2D eigenvalue weighted by molar-refractivity contribution is 4.91. The van der Waals surface area contributed by atoms with Crippen LogP contribution < -0.4 is 5.32 Å². The van der Waals surface area contributed by atoms with Crippen LogP contribution in [-0.2, 0) is 0 Å². The molecule has 0 saturated heterocycles. The monoisotopic (exact) mass is 236 g/mol. The molecule has 1 rings (SSSR count). The Morgan fingerprint density at radius 3 is 2.59 bits per heavy atom. The second-order valence-corrected chi connectivity index (χ2v) is 6.28. The van der Waals surface area contributed by atoms with Gasteiger partial charge >= 0.3 is 0 Å². The molecule has 1 saturated carbocycles. The van der Waals surface area contributed by atoms with Gasteiger partial charge in [0.15, 0.2) is 0 Å². The summed E-state index contributed by atoms with van der Waals surface area (Å²) in [6.45, 7) is 7.55. The summed E-state index contributed by atoms with van der Waals surface area (Å²) in [4.78, 5) is 0. The molecule has 1 N–H and O–H groups in total. The first-order valence-corrected chi connectivity index (χ1v) is 7.20. The Hall–Kier alpha value is -0.550. The molecule has 2 unspecified atom stereocenters. The van der Waals surface area contributed by atoms with Gasteiger partial charge in [-0.15, -0.1) is 0 Å². The minimum absolute atomic E-state index is 0.141. The molecule has 0 bridgehead atoms. The maximum atomic E-state index is 8.92. The summed E-state index contributed by atoms with van der Waals surface area (Å²) in [5.74, 6) is 0.847. The third-order valence-electron chi connectivity index (χ3n) is 4.05. The van der Waals surface area contributed by atoms with Crippen molar-refractivity contribution in [2.45, 2.75) is 71.8 Å². The molecule has 0 aromatic heterocycles. The van der Waals surface area contributed by atoms with E-state index in [1.54, 1.807) is 0 Å². The number of hydrogen-bond donors (Lipinski definition) is 1. The quantitative estimate of drug-likeness (QED) is 0.710. The first-order valence-electron chi connectivity index (χ1n) is 7.20. The number of hydrogen-bond acceptors (Lipinski definition) is 2. The fourth-order valence-corrected chi connectivity index (χ4v) is 2.65. The van der Waals surface area contributed by atoms with Crippen molar-refractivity contribution < 1.29 is 0 Å². The van der Waals surface area contributed by atoms with Gasteiger partial charge in [0.05, 0.1) is 11.5 Å². The third kappa shape index (κ3) is 5.55. The van der Waals surface area contributed by atoms with Crippen molar-refractivity contribution in [3.63, 3.8) is 0 Å². The number of rotatable bonds is 6. The van der Waals surface area contributed by atoms with Crippen LogP contribution in [0.3, 0.4) is 0 Å². The van der Waals surface area contributed by atoms with Crippen LogP contribution in [0.25, 0.3) is 0 Å². The second-order valence-electron chi connectivity index (χ2n) is 6.28. The van der Waals surface area contributed by atoms with E-state index < -0.39 is 0 Å². The molecule has 2 heteroatoms. The lowest BCUT2D eigenvalue weighted by Gasteiger charge is -2.29. The molecule has 0 heterocycles. The number of nitriles is 1. The van der Waals surface area contributed by atoms with Crippen molar-refractivity contribution in [3.8, 4) is 6.07 Å². The van der Waals surface area contributed by atoms with Crippen molar-refractivity contribution in [2.24, 2.45) is 11.3 Å². The molecule has 0 aromatic rings. The van der Waals surface area contributed by atoms with Crippen molar-refractivity contribution in [3.05, 3.63) is 0 Å². The average Bonchev–Trinajstić information content (AvgIpc) is 2.31. The molecule has 1 aliphatic carbocycles. The zero-order chi connectivity index (χ0) is 12.7. The lowest BCUT2D eigenvalue weighted by atomic mass is 9.85. The molecule has 0 aromatic carbocycles. The number of nitrogens with zero attached hydrogens (tertiary/aromatic N) is 1. The van der Waals surface area contributed by atoms with Gasteiger partial charge in [0.1, 0.15) is 0 Å². The zero-order valence-corrected chi connectivity index (χ0v) is 11.8. The van der Waals surface area contributed by atoms with Crippen LogP contribution in [0.2, 0.25) is 0 Å². The Morgan fingerprint density at radius 2 is 1.94 bits per heavy atom. The highest BCUT2D eigenvalue weighted by Gasteiger charge is 2.20. The molecule has 0 aliphatic heterocycles. The van der Waals surface area contributed by atoms with Crippen LogP contribution in [-0.4, -0.2) is 12.6 Å². The predicted octanol–water partition coefficient (Wildman–Crippen LogP) is 3.87. The minimum Gasteiger partial charge on any atom is -0.314 e. The summed E-state index contributed by atoms with van der Waals surface area (Å²) >= 11 is 0. The molecule has 98 valence electrons. The summed E-state index contributed by atoms with van der Waals surface area (Å²) in [6, 6.07) is 3.11. The molecular formula is C15H28N2. The Morgan fingerprint density at radius 1 is 1.24 bits per heavy atom. The van der Waals surface area contributed by atoms with Gasteiger partial charge in [-0.3, -0.25) is 0 Å². The van der Waals surface area contributed by atoms with E-state index >= 15 is 0 Å². The largest absolute Gasteiger partial charge is 0.314 e. The van der Waals surface area contributed by atoms with Gasteiger partial charge in [-0.1, -0.05) is 26.2 Å². The smallest absolute Gasteiger partial charge is 0.0683 e.